The van der Waals surface area contributed by atoms with E-state index < -0.39 is 12.1 Å². The number of ether oxygens (including phenoxy) is 1. The topological polar surface area (TPSA) is 87.7 Å². The Kier molecular flexibility index (Phi) is 5.82. The molecule has 3 rings (SSSR count). The average molecular weight is 382 g/mol. The summed E-state index contributed by atoms with van der Waals surface area (Å²) < 4.78 is 5.55. The van der Waals surface area contributed by atoms with Crippen molar-refractivity contribution < 1.29 is 19.4 Å². The van der Waals surface area contributed by atoms with Gasteiger partial charge >= 0.3 is 0 Å². The van der Waals surface area contributed by atoms with Gasteiger partial charge in [0.15, 0.2) is 0 Å². The Morgan fingerprint density at radius 1 is 1.14 bits per heavy atom. The molecule has 28 heavy (non-hydrogen) atoms. The number of anilines is 1. The van der Waals surface area contributed by atoms with E-state index in [1.54, 1.807) is 12.1 Å². The van der Waals surface area contributed by atoms with Gasteiger partial charge in [0.25, 0.3) is 5.91 Å². The predicted molar refractivity (Wildman–Crippen MR) is 107 cm³/mol. The Labute approximate surface area is 164 Å². The second kappa shape index (κ2) is 8.12. The van der Waals surface area contributed by atoms with Crippen molar-refractivity contribution in [2.75, 3.05) is 18.5 Å². The van der Waals surface area contributed by atoms with Crippen molar-refractivity contribution in [3.05, 3.63) is 65.2 Å². The first-order valence-electron chi connectivity index (χ1n) is 9.31. The van der Waals surface area contributed by atoms with Crippen LogP contribution in [-0.4, -0.2) is 36.2 Å². The van der Waals surface area contributed by atoms with Crippen molar-refractivity contribution in [2.45, 2.75) is 38.3 Å². The molecule has 2 aromatic carbocycles. The van der Waals surface area contributed by atoms with Gasteiger partial charge in [-0.2, -0.15) is 0 Å². The molecule has 2 aromatic rings. The van der Waals surface area contributed by atoms with Crippen LogP contribution in [0.5, 0.6) is 0 Å². The maximum absolute atomic E-state index is 12.5. The highest BCUT2D eigenvalue weighted by atomic mass is 16.5. The molecule has 0 bridgehead atoms. The zero-order valence-electron chi connectivity index (χ0n) is 16.4. The smallest absolute Gasteiger partial charge is 0.255 e. The average Bonchev–Trinajstić information content (AvgIpc) is 2.68. The molecule has 1 saturated heterocycles. The molecule has 1 aliphatic rings. The van der Waals surface area contributed by atoms with Gasteiger partial charge < -0.3 is 20.5 Å². The summed E-state index contributed by atoms with van der Waals surface area (Å²) in [4.78, 5) is 23.9. The third-order valence-corrected chi connectivity index (χ3v) is 4.81. The van der Waals surface area contributed by atoms with Gasteiger partial charge in [-0.3, -0.25) is 9.59 Å². The SMILES string of the molecule is CC(C)(C)c1ccc(C(=O)Nc2ccc([C@H]3OCC(=O)N[C@@H]3CO)cc2)cc1. The highest BCUT2D eigenvalue weighted by Gasteiger charge is 2.30. The fourth-order valence-corrected chi connectivity index (χ4v) is 3.16. The fraction of sp³-hybridized carbons (Fsp3) is 0.364. The standard InChI is InChI=1S/C22H26N2O4/c1-22(2,3)16-8-4-15(5-9-16)21(27)23-17-10-6-14(7-11-17)20-18(12-25)24-19(26)13-28-20/h4-11,18,20,25H,12-13H2,1-3H3,(H,23,27)(H,24,26)/t18-,20-/m1/s1. The first-order valence-corrected chi connectivity index (χ1v) is 9.31. The van der Waals surface area contributed by atoms with E-state index in [4.69, 9.17) is 4.74 Å². The number of carbonyl (C=O) groups excluding carboxylic acids is 2. The van der Waals surface area contributed by atoms with Crippen molar-refractivity contribution in [1.82, 2.24) is 5.32 Å². The normalized spacial score (nSPS) is 19.8. The van der Waals surface area contributed by atoms with Crippen LogP contribution in [0.15, 0.2) is 48.5 Å². The molecule has 148 valence electrons. The molecule has 3 N–H and O–H groups in total. The number of aliphatic hydroxyl groups excluding tert-OH is 1. The van der Waals surface area contributed by atoms with Crippen LogP contribution in [0.1, 0.15) is 48.4 Å². The molecule has 0 aromatic heterocycles. The Hall–Kier alpha value is -2.70. The number of morpholine rings is 1. The van der Waals surface area contributed by atoms with E-state index in [1.165, 1.54) is 5.56 Å². The van der Waals surface area contributed by atoms with Crippen LogP contribution in [0.4, 0.5) is 5.69 Å². The summed E-state index contributed by atoms with van der Waals surface area (Å²) >= 11 is 0. The van der Waals surface area contributed by atoms with Crippen molar-refractivity contribution >= 4 is 17.5 Å². The van der Waals surface area contributed by atoms with Crippen LogP contribution in [-0.2, 0) is 14.9 Å². The lowest BCUT2D eigenvalue weighted by Crippen LogP contribution is -2.49. The minimum atomic E-state index is -0.483. The van der Waals surface area contributed by atoms with Gasteiger partial charge in [-0.1, -0.05) is 45.0 Å². The quantitative estimate of drug-likeness (QED) is 0.759. The van der Waals surface area contributed by atoms with Crippen LogP contribution in [0.2, 0.25) is 0 Å². The van der Waals surface area contributed by atoms with E-state index in [9.17, 15) is 14.7 Å². The van der Waals surface area contributed by atoms with E-state index in [2.05, 4.69) is 31.4 Å². The van der Waals surface area contributed by atoms with Gasteiger partial charge in [0, 0.05) is 11.3 Å². The molecule has 6 nitrogen and oxygen atoms in total. The van der Waals surface area contributed by atoms with Gasteiger partial charge in [-0.25, -0.2) is 0 Å². The lowest BCUT2D eigenvalue weighted by molar-refractivity contribution is -0.138. The number of amides is 2. The fourth-order valence-electron chi connectivity index (χ4n) is 3.16. The molecule has 1 aliphatic heterocycles. The van der Waals surface area contributed by atoms with Crippen LogP contribution < -0.4 is 10.6 Å². The maximum Gasteiger partial charge on any atom is 0.255 e. The summed E-state index contributed by atoms with van der Waals surface area (Å²) in [6.45, 7) is 6.15. The predicted octanol–water partition coefficient (Wildman–Crippen LogP) is 2.78. The Bertz CT molecular complexity index is 838. The first kappa shape index (κ1) is 20.0. The van der Waals surface area contributed by atoms with Crippen molar-refractivity contribution in [3.63, 3.8) is 0 Å². The second-order valence-corrected chi connectivity index (χ2v) is 7.99. The number of hydrogen-bond donors (Lipinski definition) is 3. The van der Waals surface area contributed by atoms with Crippen molar-refractivity contribution in [2.24, 2.45) is 0 Å². The summed E-state index contributed by atoms with van der Waals surface area (Å²) in [5.74, 6) is -0.417. The number of rotatable bonds is 4. The highest BCUT2D eigenvalue weighted by molar-refractivity contribution is 6.04. The van der Waals surface area contributed by atoms with Gasteiger partial charge in [-0.05, 0) is 40.8 Å². The second-order valence-electron chi connectivity index (χ2n) is 7.99. The zero-order valence-corrected chi connectivity index (χ0v) is 16.4. The Morgan fingerprint density at radius 2 is 1.79 bits per heavy atom. The van der Waals surface area contributed by atoms with Gasteiger partial charge in [0.05, 0.1) is 12.6 Å². The van der Waals surface area contributed by atoms with Crippen LogP contribution in [0, 0.1) is 0 Å². The molecule has 2 amide bonds. The monoisotopic (exact) mass is 382 g/mol. The van der Waals surface area contributed by atoms with Crippen molar-refractivity contribution in [1.29, 1.82) is 0 Å². The van der Waals surface area contributed by atoms with Crippen molar-refractivity contribution in [3.8, 4) is 0 Å². The molecule has 6 heteroatoms. The molecular weight excluding hydrogens is 356 g/mol. The summed E-state index contributed by atoms with van der Waals surface area (Å²) in [5.41, 5.74) is 3.29. The summed E-state index contributed by atoms with van der Waals surface area (Å²) in [5, 5.41) is 15.1. The summed E-state index contributed by atoms with van der Waals surface area (Å²) in [6.07, 6.45) is -0.419. The third kappa shape index (κ3) is 4.58. The molecule has 0 saturated carbocycles. The van der Waals surface area contributed by atoms with E-state index in [1.807, 2.05) is 36.4 Å². The zero-order chi connectivity index (χ0) is 20.3. The molecule has 1 heterocycles. The highest BCUT2D eigenvalue weighted by Crippen LogP contribution is 2.26. The van der Waals surface area contributed by atoms with Gasteiger partial charge in [0.2, 0.25) is 5.91 Å². The minimum absolute atomic E-state index is 0.0375. The van der Waals surface area contributed by atoms with E-state index in [0.29, 0.717) is 11.3 Å². The van der Waals surface area contributed by atoms with Crippen LogP contribution >= 0.6 is 0 Å². The Balaban J connectivity index is 1.67. The van der Waals surface area contributed by atoms with Gasteiger partial charge in [0.1, 0.15) is 12.7 Å². The minimum Gasteiger partial charge on any atom is -0.394 e. The molecule has 0 radical (unpaired) electrons. The third-order valence-electron chi connectivity index (χ3n) is 4.81. The maximum atomic E-state index is 12.5. The van der Waals surface area contributed by atoms with Crippen LogP contribution in [0.25, 0.3) is 0 Å². The number of nitrogens with one attached hydrogen (secondary N) is 2. The summed E-state index contributed by atoms with van der Waals surface area (Å²) in [6, 6.07) is 14.3. The molecule has 0 unspecified atom stereocenters. The lowest BCUT2D eigenvalue weighted by Gasteiger charge is -2.31. The van der Waals surface area contributed by atoms with Crippen LogP contribution in [0.3, 0.4) is 0 Å². The molecule has 2 atom stereocenters. The number of hydrogen-bond acceptors (Lipinski definition) is 4. The largest absolute Gasteiger partial charge is 0.394 e. The first-order chi connectivity index (χ1) is 13.3. The molecule has 0 aliphatic carbocycles. The molecule has 0 spiro atoms. The number of benzene rings is 2. The van der Waals surface area contributed by atoms with E-state index >= 15 is 0 Å². The molecule has 1 fully saturated rings. The lowest BCUT2D eigenvalue weighted by atomic mass is 9.87. The Morgan fingerprint density at radius 3 is 2.36 bits per heavy atom. The van der Waals surface area contributed by atoms with E-state index in [-0.39, 0.29) is 30.4 Å². The molecular formula is C22H26N2O4. The summed E-state index contributed by atoms with van der Waals surface area (Å²) in [7, 11) is 0. The van der Waals surface area contributed by atoms with Gasteiger partial charge in [-0.15, -0.1) is 0 Å². The van der Waals surface area contributed by atoms with E-state index in [0.717, 1.165) is 5.56 Å². The number of carbonyl (C=O) groups is 2. The number of aliphatic hydroxyl groups is 1.